The Morgan fingerprint density at radius 2 is 1.80 bits per heavy atom. The summed E-state index contributed by atoms with van der Waals surface area (Å²) in [6.07, 6.45) is 9.89. The molecule has 0 saturated heterocycles. The smallest absolute Gasteiger partial charge is 0.338 e. The van der Waals surface area contributed by atoms with Crippen LogP contribution in [0.15, 0.2) is 36.5 Å². The minimum Gasteiger partial charge on any atom is -0.465 e. The highest BCUT2D eigenvalue weighted by Gasteiger charge is 2.27. The van der Waals surface area contributed by atoms with Gasteiger partial charge in [0.1, 0.15) is 11.5 Å². The van der Waals surface area contributed by atoms with E-state index in [9.17, 15) is 22.8 Å². The maximum Gasteiger partial charge on any atom is 0.338 e. The number of rotatable bonds is 15. The maximum atomic E-state index is 13.9. The lowest BCUT2D eigenvalue weighted by molar-refractivity contribution is -0.144. The van der Waals surface area contributed by atoms with Gasteiger partial charge in [0.05, 0.1) is 31.2 Å². The minimum absolute atomic E-state index is 0.0173. The molecule has 0 atom stereocenters. The molecule has 1 fully saturated rings. The predicted octanol–water partition coefficient (Wildman–Crippen LogP) is 6.00. The lowest BCUT2D eigenvalue weighted by atomic mass is 9.89. The zero-order valence-corrected chi connectivity index (χ0v) is 31.1. The minimum atomic E-state index is -4.01. The van der Waals surface area contributed by atoms with Crippen LogP contribution in [-0.2, 0) is 43.8 Å². The number of hydrogen-bond donors (Lipinski definition) is 1. The molecule has 276 valence electrons. The summed E-state index contributed by atoms with van der Waals surface area (Å²) in [6, 6.07) is 9.21. The molecular weight excluding hydrogens is 671 g/mol. The summed E-state index contributed by atoms with van der Waals surface area (Å²) in [4.78, 5) is 45.1. The standard InChI is InChI=1S/C38H51N5O7S/c1-26(2)25-50-35(44)16-9-6-10-21-51(47,48)41-37(45)36-30(32-22-39-43(27(32)3)23-28-12-7-5-8-13-28)17-18-34(40-36)42-20-19-29-14-11-15-31(33(29)24-42)38(46)49-4/h11,14-15,17-18,22,26,28H,5-10,12-13,16,19-21,23-25H2,1-4H3,(H,41,45). The second-order valence-electron chi connectivity index (χ2n) is 14.1. The number of methoxy groups -OCH3 is 1. The topological polar surface area (TPSA) is 150 Å². The van der Waals surface area contributed by atoms with E-state index in [0.717, 1.165) is 36.2 Å². The Morgan fingerprint density at radius 3 is 2.55 bits per heavy atom. The first-order valence-corrected chi connectivity index (χ1v) is 19.8. The molecule has 5 rings (SSSR count). The zero-order chi connectivity index (χ0) is 36.5. The molecule has 0 spiro atoms. The van der Waals surface area contributed by atoms with Gasteiger partial charge < -0.3 is 14.4 Å². The molecular formula is C38H51N5O7S. The third-order valence-electron chi connectivity index (χ3n) is 9.77. The molecule has 13 heteroatoms. The molecule has 0 unspecified atom stereocenters. The molecule has 1 saturated carbocycles. The van der Waals surface area contributed by atoms with Gasteiger partial charge in [-0.3, -0.25) is 14.3 Å². The van der Waals surface area contributed by atoms with Crippen molar-refractivity contribution < 1.29 is 32.3 Å². The molecule has 51 heavy (non-hydrogen) atoms. The average Bonchev–Trinajstić information content (AvgIpc) is 3.48. The molecule has 1 N–H and O–H groups in total. The van der Waals surface area contributed by atoms with Crippen molar-refractivity contribution >= 4 is 33.7 Å². The van der Waals surface area contributed by atoms with Crippen molar-refractivity contribution in [2.24, 2.45) is 11.8 Å². The molecule has 1 amide bonds. The molecule has 3 aromatic rings. The first kappa shape index (κ1) is 38.0. The first-order valence-electron chi connectivity index (χ1n) is 18.1. The SMILES string of the molecule is COC(=O)c1cccc2c1CN(c1ccc(-c3cnn(CC4CCCCC4)c3C)c(C(=O)NS(=O)(=O)CCCCCC(=O)OCC(C)C)n1)CC2. The monoisotopic (exact) mass is 721 g/mol. The second kappa shape index (κ2) is 17.3. The van der Waals surface area contributed by atoms with Gasteiger partial charge in [-0.25, -0.2) is 22.9 Å². The number of ether oxygens (including phenoxy) is 2. The summed E-state index contributed by atoms with van der Waals surface area (Å²) in [7, 11) is -2.66. The molecule has 2 aliphatic rings. The van der Waals surface area contributed by atoms with Crippen molar-refractivity contribution in [1.82, 2.24) is 19.5 Å². The van der Waals surface area contributed by atoms with Crippen LogP contribution < -0.4 is 9.62 Å². The Morgan fingerprint density at radius 1 is 1.02 bits per heavy atom. The fraction of sp³-hybridized carbons (Fsp3) is 0.553. The number of benzene rings is 1. The zero-order valence-electron chi connectivity index (χ0n) is 30.3. The van der Waals surface area contributed by atoms with Gasteiger partial charge in [0, 0.05) is 42.9 Å². The van der Waals surface area contributed by atoms with E-state index in [-0.39, 0.29) is 36.2 Å². The molecule has 1 aliphatic heterocycles. The number of hydrogen-bond acceptors (Lipinski definition) is 10. The molecule has 1 aromatic carbocycles. The number of aromatic nitrogens is 3. The van der Waals surface area contributed by atoms with Crippen molar-refractivity contribution in [3.05, 3.63) is 64.6 Å². The summed E-state index contributed by atoms with van der Waals surface area (Å²) < 4.78 is 40.8. The lowest BCUT2D eigenvalue weighted by Gasteiger charge is -2.31. The Hall–Kier alpha value is -4.26. The Balaban J connectivity index is 1.36. The normalized spacial score (nSPS) is 15.0. The Bertz CT molecular complexity index is 1810. The summed E-state index contributed by atoms with van der Waals surface area (Å²) in [5.41, 5.74) is 4.44. The maximum absolute atomic E-state index is 13.9. The van der Waals surface area contributed by atoms with E-state index in [0.29, 0.717) is 67.4 Å². The van der Waals surface area contributed by atoms with Crippen molar-refractivity contribution in [2.45, 2.75) is 98.1 Å². The van der Waals surface area contributed by atoms with Crippen molar-refractivity contribution in [3.63, 3.8) is 0 Å². The van der Waals surface area contributed by atoms with E-state index < -0.39 is 21.9 Å². The predicted molar refractivity (Wildman–Crippen MR) is 195 cm³/mol. The van der Waals surface area contributed by atoms with E-state index in [4.69, 9.17) is 14.5 Å². The Labute approximate surface area is 301 Å². The third-order valence-corrected chi connectivity index (χ3v) is 11.1. The largest absolute Gasteiger partial charge is 0.465 e. The van der Waals surface area contributed by atoms with Gasteiger partial charge in [-0.05, 0) is 80.2 Å². The van der Waals surface area contributed by atoms with Gasteiger partial charge in [-0.2, -0.15) is 5.10 Å². The fourth-order valence-corrected chi connectivity index (χ4v) is 7.98. The van der Waals surface area contributed by atoms with Crippen LogP contribution in [0.3, 0.4) is 0 Å². The first-order chi connectivity index (χ1) is 24.5. The van der Waals surface area contributed by atoms with Crippen molar-refractivity contribution in [1.29, 1.82) is 0 Å². The number of nitrogens with zero attached hydrogens (tertiary/aromatic N) is 4. The number of esters is 2. The van der Waals surface area contributed by atoms with Crippen LogP contribution in [0.2, 0.25) is 0 Å². The molecule has 0 bridgehead atoms. The number of anilines is 1. The number of pyridine rings is 1. The number of amides is 1. The van der Waals surface area contributed by atoms with Gasteiger partial charge in [-0.15, -0.1) is 0 Å². The number of sulfonamides is 1. The van der Waals surface area contributed by atoms with Gasteiger partial charge in [0.15, 0.2) is 0 Å². The summed E-state index contributed by atoms with van der Waals surface area (Å²) in [5, 5.41) is 4.68. The van der Waals surface area contributed by atoms with Crippen LogP contribution in [-0.4, -0.2) is 67.0 Å². The number of carbonyl (C=O) groups excluding carboxylic acids is 3. The van der Waals surface area contributed by atoms with Crippen molar-refractivity contribution in [2.75, 3.05) is 30.9 Å². The van der Waals surface area contributed by atoms with Crippen LogP contribution in [0.5, 0.6) is 0 Å². The van der Waals surface area contributed by atoms with Gasteiger partial charge in [0.25, 0.3) is 5.91 Å². The molecule has 2 aromatic heterocycles. The highest BCUT2D eigenvalue weighted by Crippen LogP contribution is 2.32. The van der Waals surface area contributed by atoms with Crippen LogP contribution in [0.1, 0.15) is 109 Å². The van der Waals surface area contributed by atoms with E-state index in [1.54, 1.807) is 18.3 Å². The quantitative estimate of drug-likeness (QED) is 0.146. The number of unbranched alkanes of at least 4 members (excludes halogenated alkanes) is 2. The van der Waals surface area contributed by atoms with E-state index in [2.05, 4.69) is 9.82 Å². The molecule has 1 aliphatic carbocycles. The highest BCUT2D eigenvalue weighted by atomic mass is 32.2. The molecule has 0 radical (unpaired) electrons. The van der Waals surface area contributed by atoms with Crippen molar-refractivity contribution in [3.8, 4) is 11.1 Å². The third kappa shape index (κ3) is 9.96. The highest BCUT2D eigenvalue weighted by molar-refractivity contribution is 7.90. The molecule has 12 nitrogen and oxygen atoms in total. The van der Waals surface area contributed by atoms with Crippen LogP contribution in [0.25, 0.3) is 11.1 Å². The van der Waals surface area contributed by atoms with Gasteiger partial charge in [-0.1, -0.05) is 51.7 Å². The van der Waals surface area contributed by atoms with E-state index in [1.807, 2.05) is 48.6 Å². The van der Waals surface area contributed by atoms with Gasteiger partial charge in [0.2, 0.25) is 10.0 Å². The summed E-state index contributed by atoms with van der Waals surface area (Å²) in [5.74, 6) is -0.535. The lowest BCUT2D eigenvalue weighted by Crippen LogP contribution is -2.35. The van der Waals surface area contributed by atoms with Gasteiger partial charge >= 0.3 is 11.9 Å². The van der Waals surface area contributed by atoms with Crippen LogP contribution >= 0.6 is 0 Å². The van der Waals surface area contributed by atoms with Crippen LogP contribution in [0, 0.1) is 18.8 Å². The number of nitrogens with one attached hydrogen (secondary N) is 1. The van der Waals surface area contributed by atoms with E-state index in [1.165, 1.54) is 26.4 Å². The average molecular weight is 722 g/mol. The Kier molecular flexibility index (Phi) is 12.9. The number of fused-ring (bicyclic) bond motifs is 1. The molecule has 3 heterocycles. The fourth-order valence-electron chi connectivity index (χ4n) is 6.91. The second-order valence-corrected chi connectivity index (χ2v) is 16.0. The summed E-state index contributed by atoms with van der Waals surface area (Å²) >= 11 is 0. The van der Waals surface area contributed by atoms with Crippen LogP contribution in [0.4, 0.5) is 5.82 Å². The number of carbonyl (C=O) groups is 3. The summed E-state index contributed by atoms with van der Waals surface area (Å²) in [6.45, 7) is 7.99. The van der Waals surface area contributed by atoms with E-state index >= 15 is 0 Å².